The fourth-order valence-corrected chi connectivity index (χ4v) is 7.18. The van der Waals surface area contributed by atoms with Crippen LogP contribution < -0.4 is 48.9 Å². The third-order valence-electron chi connectivity index (χ3n) is 10.8. The maximum atomic E-state index is 14.1. The summed E-state index contributed by atoms with van der Waals surface area (Å²) in [5.74, 6) is -3.39. The van der Waals surface area contributed by atoms with Crippen molar-refractivity contribution in [1.29, 1.82) is 0 Å². The molecule has 5 rings (SSSR count). The van der Waals surface area contributed by atoms with Crippen LogP contribution in [0.25, 0.3) is 10.9 Å². The quantitative estimate of drug-likeness (QED) is 0.0199. The fourth-order valence-electron chi connectivity index (χ4n) is 7.18. The Labute approximate surface area is 379 Å². The number of hydrogen-bond donors (Lipinski definition) is 14. The first-order chi connectivity index (χ1) is 31.5. The molecule has 9 atom stereocenters. The minimum absolute atomic E-state index is 0.00171. The van der Waals surface area contributed by atoms with Gasteiger partial charge in [0.15, 0.2) is 5.96 Å². The molecule has 2 heterocycles. The molecule has 0 spiro atoms. The lowest BCUT2D eigenvalue weighted by atomic mass is 9.99. The van der Waals surface area contributed by atoms with E-state index < -0.39 is 91.0 Å². The van der Waals surface area contributed by atoms with Gasteiger partial charge in [0, 0.05) is 49.5 Å². The molecule has 0 bridgehead atoms. The van der Waals surface area contributed by atoms with Crippen molar-refractivity contribution in [3.63, 3.8) is 0 Å². The van der Waals surface area contributed by atoms with Gasteiger partial charge in [-0.2, -0.15) is 0 Å². The van der Waals surface area contributed by atoms with E-state index in [0.29, 0.717) is 16.7 Å². The molecular formula is C44H58N10O12. The van der Waals surface area contributed by atoms with Gasteiger partial charge in [0.05, 0.1) is 12.6 Å². The van der Waals surface area contributed by atoms with Crippen LogP contribution in [0.1, 0.15) is 36.0 Å². The van der Waals surface area contributed by atoms with Gasteiger partial charge in [0.25, 0.3) is 0 Å². The Morgan fingerprint density at radius 2 is 1.42 bits per heavy atom. The molecule has 22 heteroatoms. The third-order valence-corrected chi connectivity index (χ3v) is 10.8. The number of guanidine groups is 1. The van der Waals surface area contributed by atoms with Crippen molar-refractivity contribution >= 4 is 46.4 Å². The normalized spacial score (nSPS) is 19.9. The molecule has 4 aromatic rings. The van der Waals surface area contributed by atoms with Gasteiger partial charge in [-0.3, -0.25) is 29.0 Å². The Balaban J connectivity index is 1.20. The second kappa shape index (κ2) is 23.9. The van der Waals surface area contributed by atoms with Crippen molar-refractivity contribution in [1.82, 2.24) is 26.3 Å². The molecule has 66 heavy (non-hydrogen) atoms. The van der Waals surface area contributed by atoms with E-state index in [0.717, 1.165) is 10.9 Å². The minimum Gasteiger partial charge on any atom is -0.508 e. The number of carbonyl (C=O) groups excluding carboxylic acids is 5. The van der Waals surface area contributed by atoms with Crippen LogP contribution in [-0.4, -0.2) is 141 Å². The lowest BCUT2D eigenvalue weighted by Crippen LogP contribution is -2.60. The first-order valence-corrected chi connectivity index (χ1v) is 21.2. The van der Waals surface area contributed by atoms with Gasteiger partial charge in [-0.05, 0) is 66.3 Å². The summed E-state index contributed by atoms with van der Waals surface area (Å²) in [6, 6.07) is 15.0. The molecule has 1 saturated heterocycles. The van der Waals surface area contributed by atoms with E-state index >= 15 is 0 Å². The van der Waals surface area contributed by atoms with Gasteiger partial charge in [-0.25, -0.2) is 0 Å². The zero-order chi connectivity index (χ0) is 47.9. The summed E-state index contributed by atoms with van der Waals surface area (Å²) in [7, 11) is 0. The number of para-hydroxylation sites is 1. The largest absolute Gasteiger partial charge is 0.508 e. The number of ether oxygens (including phenoxy) is 2. The van der Waals surface area contributed by atoms with E-state index in [2.05, 4.69) is 31.2 Å². The number of phenols is 1. The fraction of sp³-hybridized carbons (Fsp3) is 0.409. The Bertz CT molecular complexity index is 2290. The number of aliphatic hydroxyl groups is 4. The topological polar surface area (TPSA) is 385 Å². The maximum Gasteiger partial charge on any atom is 0.243 e. The van der Waals surface area contributed by atoms with Crippen molar-refractivity contribution in [2.45, 2.75) is 93.4 Å². The number of primary amides is 1. The highest BCUT2D eigenvalue weighted by Gasteiger charge is 2.44. The molecule has 0 aliphatic carbocycles. The number of H-pyrrole nitrogens is 1. The molecule has 1 aromatic heterocycles. The third kappa shape index (κ3) is 14.3. The summed E-state index contributed by atoms with van der Waals surface area (Å²) in [6.45, 7) is -0.635. The van der Waals surface area contributed by atoms with Crippen molar-refractivity contribution in [3.05, 3.63) is 95.7 Å². The van der Waals surface area contributed by atoms with Crippen LogP contribution in [0.3, 0.4) is 0 Å². The number of rotatable bonds is 23. The number of aromatic amines is 1. The number of aliphatic imine (C=N–C) groups is 1. The van der Waals surface area contributed by atoms with Gasteiger partial charge >= 0.3 is 0 Å². The molecule has 1 aliphatic rings. The lowest BCUT2D eigenvalue weighted by molar-refractivity contribution is -0.277. The average molecular weight is 919 g/mol. The summed E-state index contributed by atoms with van der Waals surface area (Å²) in [4.78, 5) is 73.9. The standard InChI is InChI=1S/C44H58N10O12/c45-29(18-23-9-13-27(14-10-23)65-43-38(60)37(59)36(58)34(22-55)66-43)40(62)49-17-15-35(57)52-33(20-25-21-51-30-5-2-1-4-28(25)30)42(64)53-31(6-3-16-50-44(47)48)41(63)54-32(39(46)61)19-24-7-11-26(56)12-8-24/h1-2,4-5,7-14,21,29,31-34,36-38,43,51,55-56,58-60H,3,6,15-20,22,45H2,(H2,46,61)(H,49,62)(H,52,57)(H,53,64)(H,54,63)(H4,47,48,50)/t29-,31-,32-,33-,34+,36+,37-,38+,43+/m0/s1. The van der Waals surface area contributed by atoms with Crippen molar-refractivity contribution in [3.8, 4) is 11.5 Å². The molecule has 356 valence electrons. The summed E-state index contributed by atoms with van der Waals surface area (Å²) in [5, 5.41) is 60.9. The number of hydrogen-bond acceptors (Lipinski definition) is 14. The number of aromatic nitrogens is 1. The lowest BCUT2D eigenvalue weighted by Gasteiger charge is -2.39. The number of benzene rings is 3. The summed E-state index contributed by atoms with van der Waals surface area (Å²) in [6.07, 6.45) is -5.46. The van der Waals surface area contributed by atoms with Gasteiger partial charge < -0.3 is 84.2 Å². The first-order valence-electron chi connectivity index (χ1n) is 21.2. The molecule has 22 nitrogen and oxygen atoms in total. The molecule has 18 N–H and O–H groups in total. The van der Waals surface area contributed by atoms with Crippen LogP contribution >= 0.6 is 0 Å². The number of nitrogens with two attached hydrogens (primary N) is 4. The zero-order valence-corrected chi connectivity index (χ0v) is 35.9. The van der Waals surface area contributed by atoms with Crippen LogP contribution in [0.5, 0.6) is 11.5 Å². The van der Waals surface area contributed by atoms with Crippen LogP contribution in [-0.2, 0) is 48.0 Å². The Kier molecular flexibility index (Phi) is 18.2. The monoisotopic (exact) mass is 918 g/mol. The van der Waals surface area contributed by atoms with Crippen LogP contribution in [0.2, 0.25) is 0 Å². The summed E-state index contributed by atoms with van der Waals surface area (Å²) >= 11 is 0. The predicted octanol–water partition coefficient (Wildman–Crippen LogP) is -3.09. The highest BCUT2D eigenvalue weighted by Crippen LogP contribution is 2.25. The molecule has 0 unspecified atom stereocenters. The molecular weight excluding hydrogens is 861 g/mol. The highest BCUT2D eigenvalue weighted by atomic mass is 16.7. The van der Waals surface area contributed by atoms with Gasteiger partial charge in [-0.1, -0.05) is 42.5 Å². The molecule has 5 amide bonds. The Hall–Kier alpha value is -6.82. The van der Waals surface area contributed by atoms with E-state index in [1.807, 2.05) is 24.3 Å². The van der Waals surface area contributed by atoms with E-state index in [1.165, 1.54) is 24.3 Å². The minimum atomic E-state index is -1.61. The number of aromatic hydroxyl groups is 1. The van der Waals surface area contributed by atoms with Crippen molar-refractivity contribution < 1.29 is 59.0 Å². The summed E-state index contributed by atoms with van der Waals surface area (Å²) in [5.41, 5.74) is 25.5. The Morgan fingerprint density at radius 1 is 0.773 bits per heavy atom. The van der Waals surface area contributed by atoms with Crippen molar-refractivity contribution in [2.24, 2.45) is 27.9 Å². The van der Waals surface area contributed by atoms with Crippen LogP contribution in [0.15, 0.2) is 84.0 Å². The van der Waals surface area contributed by atoms with Gasteiger partial charge in [0.2, 0.25) is 35.8 Å². The number of fused-ring (bicyclic) bond motifs is 1. The number of nitrogens with one attached hydrogen (secondary N) is 5. The SMILES string of the molecule is NC(=O)[C@H](Cc1ccc(O)cc1)NC(=O)[C@H](CCCN=C(N)N)NC(=O)[C@H](Cc1c[nH]c2ccccc12)NC(=O)CCNC(=O)[C@@H](N)Cc1ccc(O[C@@H]2O[C@H](CO)[C@@H](O)[C@H](O)[C@H]2O)cc1. The first kappa shape index (κ1) is 50.2. The van der Waals surface area contributed by atoms with E-state index in [9.17, 15) is 49.5 Å². The molecule has 3 aromatic carbocycles. The van der Waals surface area contributed by atoms with Crippen LogP contribution in [0, 0.1) is 0 Å². The van der Waals surface area contributed by atoms with E-state index in [-0.39, 0.29) is 69.1 Å². The van der Waals surface area contributed by atoms with Gasteiger partial charge in [-0.15, -0.1) is 0 Å². The average Bonchev–Trinajstić information content (AvgIpc) is 3.70. The highest BCUT2D eigenvalue weighted by molar-refractivity contribution is 5.95. The number of amides is 5. The van der Waals surface area contributed by atoms with Crippen molar-refractivity contribution in [2.75, 3.05) is 19.7 Å². The van der Waals surface area contributed by atoms with Gasteiger partial charge in [0.1, 0.15) is 54.0 Å². The number of phenolic OH excluding ortho intramolecular Hbond substituents is 1. The maximum absolute atomic E-state index is 14.1. The number of carbonyl (C=O) groups is 5. The number of nitrogens with zero attached hydrogens (tertiary/aromatic N) is 1. The molecule has 1 aliphatic heterocycles. The Morgan fingerprint density at radius 3 is 2.11 bits per heavy atom. The van der Waals surface area contributed by atoms with Crippen LogP contribution in [0.4, 0.5) is 0 Å². The summed E-state index contributed by atoms with van der Waals surface area (Å²) < 4.78 is 11.0. The second-order valence-corrected chi connectivity index (χ2v) is 15.8. The molecule has 1 fully saturated rings. The molecule has 0 saturated carbocycles. The molecule has 0 radical (unpaired) electrons. The zero-order valence-electron chi connectivity index (χ0n) is 35.9. The van der Waals surface area contributed by atoms with E-state index in [4.69, 9.17) is 32.4 Å². The smallest absolute Gasteiger partial charge is 0.243 e. The second-order valence-electron chi connectivity index (χ2n) is 15.8. The predicted molar refractivity (Wildman–Crippen MR) is 239 cm³/mol. The number of aliphatic hydroxyl groups excluding tert-OH is 4. The van der Waals surface area contributed by atoms with E-state index in [1.54, 1.807) is 30.5 Å².